The van der Waals surface area contributed by atoms with Gasteiger partial charge in [0.25, 0.3) is 0 Å². The minimum absolute atomic E-state index is 0.274. The summed E-state index contributed by atoms with van der Waals surface area (Å²) in [5.41, 5.74) is 1.14. The van der Waals surface area contributed by atoms with E-state index in [0.29, 0.717) is 10.6 Å². The quantitative estimate of drug-likeness (QED) is 0.672. The fourth-order valence-electron chi connectivity index (χ4n) is 1.79. The molecule has 2 aromatic rings. The van der Waals surface area contributed by atoms with Crippen LogP contribution in [0.25, 0.3) is 6.08 Å². The van der Waals surface area contributed by atoms with Gasteiger partial charge in [-0.15, -0.1) is 0 Å². The van der Waals surface area contributed by atoms with E-state index in [9.17, 15) is 9.59 Å². The Labute approximate surface area is 138 Å². The number of amides is 1. The number of hydrogen-bond donors (Lipinski definition) is 1. The van der Waals surface area contributed by atoms with Crippen LogP contribution < -0.4 is 5.32 Å². The second-order valence-electron chi connectivity index (χ2n) is 4.53. The van der Waals surface area contributed by atoms with E-state index in [0.717, 1.165) is 5.56 Å². The highest BCUT2D eigenvalue weighted by atomic mass is 35.5. The Morgan fingerprint density at radius 1 is 1.30 bits per heavy atom. The van der Waals surface area contributed by atoms with Crippen molar-refractivity contribution < 1.29 is 14.3 Å². The monoisotopic (exact) mass is 330 g/mol. The van der Waals surface area contributed by atoms with Crippen LogP contribution in [0.2, 0.25) is 5.02 Å². The lowest BCUT2D eigenvalue weighted by atomic mass is 10.2. The number of hydrogen-bond acceptors (Lipinski definition) is 4. The number of pyridine rings is 1. The normalized spacial score (nSPS) is 10.5. The number of esters is 1. The van der Waals surface area contributed by atoms with Crippen molar-refractivity contribution in [2.75, 3.05) is 11.9 Å². The molecular weight excluding hydrogens is 316 g/mol. The maximum absolute atomic E-state index is 11.9. The second-order valence-corrected chi connectivity index (χ2v) is 4.96. The van der Waals surface area contributed by atoms with E-state index in [2.05, 4.69) is 10.3 Å². The molecular formula is C17H15ClN2O3. The number of nitrogens with zero attached hydrogens (tertiary/aromatic N) is 1. The van der Waals surface area contributed by atoms with Crippen molar-refractivity contribution in [2.45, 2.75) is 6.92 Å². The molecule has 0 aliphatic rings. The van der Waals surface area contributed by atoms with Gasteiger partial charge in [-0.3, -0.25) is 4.79 Å². The summed E-state index contributed by atoms with van der Waals surface area (Å²) in [5.74, 6) is -0.547. The van der Waals surface area contributed by atoms with Crippen LogP contribution in [0.5, 0.6) is 0 Å². The van der Waals surface area contributed by atoms with Gasteiger partial charge in [0.1, 0.15) is 5.82 Å². The first-order valence-corrected chi connectivity index (χ1v) is 7.34. The van der Waals surface area contributed by atoms with E-state index in [1.165, 1.54) is 24.4 Å². The molecule has 5 nitrogen and oxygen atoms in total. The minimum Gasteiger partial charge on any atom is -0.462 e. The summed E-state index contributed by atoms with van der Waals surface area (Å²) in [4.78, 5) is 27.5. The summed E-state index contributed by atoms with van der Waals surface area (Å²) in [5, 5.41) is 3.18. The maximum atomic E-state index is 11.9. The van der Waals surface area contributed by atoms with E-state index in [1.54, 1.807) is 31.2 Å². The summed E-state index contributed by atoms with van der Waals surface area (Å²) in [6, 6.07) is 10.1. The number of rotatable bonds is 5. The van der Waals surface area contributed by atoms with Gasteiger partial charge in [0.2, 0.25) is 5.91 Å². The zero-order valence-corrected chi connectivity index (χ0v) is 13.2. The van der Waals surface area contributed by atoms with Crippen LogP contribution in [0.3, 0.4) is 0 Å². The SMILES string of the molecule is CCOC(=O)c1ccnc(NC(=O)/C=C/c2cccc(Cl)c2)c1. The number of benzene rings is 1. The van der Waals surface area contributed by atoms with Crippen molar-refractivity contribution in [3.05, 3.63) is 64.8 Å². The number of carbonyl (C=O) groups is 2. The first-order valence-electron chi connectivity index (χ1n) is 6.96. The van der Waals surface area contributed by atoms with Gasteiger partial charge in [-0.05, 0) is 42.8 Å². The minimum atomic E-state index is -0.458. The molecule has 0 unspecified atom stereocenters. The molecule has 0 spiro atoms. The molecule has 0 fully saturated rings. The van der Waals surface area contributed by atoms with E-state index < -0.39 is 5.97 Å². The number of aromatic nitrogens is 1. The van der Waals surface area contributed by atoms with Crippen LogP contribution in [-0.2, 0) is 9.53 Å². The van der Waals surface area contributed by atoms with Crippen molar-refractivity contribution in [1.29, 1.82) is 0 Å². The molecule has 0 aliphatic heterocycles. The number of ether oxygens (including phenoxy) is 1. The molecule has 1 heterocycles. The van der Waals surface area contributed by atoms with Gasteiger partial charge in [-0.2, -0.15) is 0 Å². The fraction of sp³-hybridized carbons (Fsp3) is 0.118. The highest BCUT2D eigenvalue weighted by Crippen LogP contribution is 2.12. The van der Waals surface area contributed by atoms with Gasteiger partial charge in [-0.25, -0.2) is 9.78 Å². The molecule has 1 amide bonds. The van der Waals surface area contributed by atoms with Crippen LogP contribution in [0.4, 0.5) is 5.82 Å². The lowest BCUT2D eigenvalue weighted by molar-refractivity contribution is -0.111. The molecule has 2 rings (SSSR count). The Bertz CT molecular complexity index is 744. The third kappa shape index (κ3) is 5.23. The Morgan fingerprint density at radius 2 is 2.13 bits per heavy atom. The van der Waals surface area contributed by atoms with Crippen LogP contribution >= 0.6 is 11.6 Å². The molecule has 1 aromatic heterocycles. The highest BCUT2D eigenvalue weighted by molar-refractivity contribution is 6.30. The van der Waals surface area contributed by atoms with E-state index >= 15 is 0 Å². The number of anilines is 1. The Hall–Kier alpha value is -2.66. The van der Waals surface area contributed by atoms with E-state index in [-0.39, 0.29) is 18.3 Å². The summed E-state index contributed by atoms with van der Waals surface area (Å²) in [7, 11) is 0. The molecule has 0 saturated heterocycles. The molecule has 6 heteroatoms. The zero-order valence-electron chi connectivity index (χ0n) is 12.5. The van der Waals surface area contributed by atoms with Crippen molar-refractivity contribution in [2.24, 2.45) is 0 Å². The summed E-state index contributed by atoms with van der Waals surface area (Å²) in [6.07, 6.45) is 4.43. The lowest BCUT2D eigenvalue weighted by Crippen LogP contribution is -2.11. The van der Waals surface area contributed by atoms with Gasteiger partial charge in [0.15, 0.2) is 0 Å². The average molecular weight is 331 g/mol. The van der Waals surface area contributed by atoms with Gasteiger partial charge >= 0.3 is 5.97 Å². The molecule has 1 N–H and O–H groups in total. The molecule has 0 saturated carbocycles. The predicted molar refractivity (Wildman–Crippen MR) is 89.3 cm³/mol. The molecule has 0 radical (unpaired) electrons. The van der Waals surface area contributed by atoms with Gasteiger partial charge < -0.3 is 10.1 Å². The highest BCUT2D eigenvalue weighted by Gasteiger charge is 2.08. The first kappa shape index (κ1) is 16.7. The van der Waals surface area contributed by atoms with Crippen LogP contribution in [-0.4, -0.2) is 23.5 Å². The number of nitrogens with one attached hydrogen (secondary N) is 1. The van der Waals surface area contributed by atoms with Crippen LogP contribution in [0.15, 0.2) is 48.7 Å². The molecule has 0 bridgehead atoms. The smallest absolute Gasteiger partial charge is 0.338 e. The lowest BCUT2D eigenvalue weighted by Gasteiger charge is -2.04. The Balaban J connectivity index is 2.03. The second kappa shape index (κ2) is 8.10. The summed E-state index contributed by atoms with van der Waals surface area (Å²) in [6.45, 7) is 2.01. The number of carbonyl (C=O) groups excluding carboxylic acids is 2. The largest absolute Gasteiger partial charge is 0.462 e. The van der Waals surface area contributed by atoms with Gasteiger partial charge in [-0.1, -0.05) is 23.7 Å². The van der Waals surface area contributed by atoms with Crippen molar-refractivity contribution in [1.82, 2.24) is 4.98 Å². The first-order chi connectivity index (χ1) is 11.1. The third-order valence-electron chi connectivity index (χ3n) is 2.80. The van der Waals surface area contributed by atoms with Crippen molar-refractivity contribution in [3.63, 3.8) is 0 Å². The Kier molecular flexibility index (Phi) is 5.88. The van der Waals surface area contributed by atoms with E-state index in [1.807, 2.05) is 6.07 Å². The average Bonchev–Trinajstić information content (AvgIpc) is 2.53. The summed E-state index contributed by atoms with van der Waals surface area (Å²) < 4.78 is 4.90. The Morgan fingerprint density at radius 3 is 2.87 bits per heavy atom. The summed E-state index contributed by atoms with van der Waals surface area (Å²) >= 11 is 5.87. The van der Waals surface area contributed by atoms with Gasteiger partial charge in [0, 0.05) is 17.3 Å². The third-order valence-corrected chi connectivity index (χ3v) is 3.03. The molecule has 118 valence electrons. The standard InChI is InChI=1S/C17H15ClN2O3/c1-2-23-17(22)13-8-9-19-15(11-13)20-16(21)7-6-12-4-3-5-14(18)10-12/h3-11H,2H2,1H3,(H,19,20,21)/b7-6+. The zero-order chi connectivity index (χ0) is 16.7. The topological polar surface area (TPSA) is 68.3 Å². The van der Waals surface area contributed by atoms with Crippen molar-refractivity contribution in [3.8, 4) is 0 Å². The number of halogens is 1. The van der Waals surface area contributed by atoms with Crippen LogP contribution in [0.1, 0.15) is 22.8 Å². The molecule has 23 heavy (non-hydrogen) atoms. The van der Waals surface area contributed by atoms with Gasteiger partial charge in [0.05, 0.1) is 12.2 Å². The molecule has 1 aromatic carbocycles. The van der Waals surface area contributed by atoms with Crippen LogP contribution in [0, 0.1) is 0 Å². The fourth-order valence-corrected chi connectivity index (χ4v) is 1.99. The van der Waals surface area contributed by atoms with E-state index in [4.69, 9.17) is 16.3 Å². The van der Waals surface area contributed by atoms with Crippen molar-refractivity contribution >= 4 is 35.4 Å². The molecule has 0 atom stereocenters. The maximum Gasteiger partial charge on any atom is 0.338 e. The predicted octanol–water partition coefficient (Wildman–Crippen LogP) is 3.56. The molecule has 0 aliphatic carbocycles.